The third-order valence-corrected chi connectivity index (χ3v) is 2.90. The van der Waals surface area contributed by atoms with Crippen LogP contribution in [0.2, 0.25) is 5.15 Å². The van der Waals surface area contributed by atoms with Gasteiger partial charge in [0.25, 0.3) is 0 Å². The summed E-state index contributed by atoms with van der Waals surface area (Å²) in [6, 6.07) is 6.65. The van der Waals surface area contributed by atoms with Gasteiger partial charge in [0.05, 0.1) is 5.56 Å². The Balaban J connectivity index is 2.47. The van der Waals surface area contributed by atoms with Crippen LogP contribution in [0.3, 0.4) is 0 Å². The summed E-state index contributed by atoms with van der Waals surface area (Å²) in [5.74, 6) is 0. The highest BCUT2D eigenvalue weighted by atomic mass is 35.5. The van der Waals surface area contributed by atoms with E-state index in [9.17, 15) is 13.2 Å². The summed E-state index contributed by atoms with van der Waals surface area (Å²) in [7, 11) is 0. The molecule has 94 valence electrons. The molecule has 0 saturated carbocycles. The number of aryl methyl sites for hydroxylation is 1. The maximum absolute atomic E-state index is 12.4. The fourth-order valence-electron chi connectivity index (χ4n) is 1.70. The molecule has 0 aliphatic rings. The minimum absolute atomic E-state index is 0.287. The molecule has 18 heavy (non-hydrogen) atoms. The van der Waals surface area contributed by atoms with E-state index in [4.69, 9.17) is 11.6 Å². The van der Waals surface area contributed by atoms with Crippen molar-refractivity contribution in [2.45, 2.75) is 13.1 Å². The summed E-state index contributed by atoms with van der Waals surface area (Å²) in [4.78, 5) is 3.93. The fourth-order valence-corrected chi connectivity index (χ4v) is 2.01. The van der Waals surface area contributed by atoms with Crippen molar-refractivity contribution in [3.63, 3.8) is 0 Å². The summed E-state index contributed by atoms with van der Waals surface area (Å²) in [5, 5.41) is 0.287. The number of hydrogen-bond donors (Lipinski definition) is 0. The minimum Gasteiger partial charge on any atom is -0.244 e. The molecule has 5 heteroatoms. The molecule has 0 aliphatic carbocycles. The Morgan fingerprint density at radius 3 is 2.17 bits per heavy atom. The first-order chi connectivity index (χ1) is 8.39. The van der Waals surface area contributed by atoms with Crippen LogP contribution in [0.4, 0.5) is 13.2 Å². The lowest BCUT2D eigenvalue weighted by molar-refractivity contribution is -0.137. The normalized spacial score (nSPS) is 11.6. The van der Waals surface area contributed by atoms with Gasteiger partial charge in [0.15, 0.2) is 0 Å². The third kappa shape index (κ3) is 2.48. The molecule has 1 aromatic carbocycles. The van der Waals surface area contributed by atoms with E-state index in [2.05, 4.69) is 4.98 Å². The zero-order chi connectivity index (χ0) is 13.3. The van der Waals surface area contributed by atoms with Crippen LogP contribution < -0.4 is 0 Å². The Hall–Kier alpha value is -1.55. The average Bonchev–Trinajstić information content (AvgIpc) is 2.28. The lowest BCUT2D eigenvalue weighted by Gasteiger charge is -2.10. The SMILES string of the molecule is Cc1ccnc(Cl)c1-c1ccc(C(F)(F)F)cc1. The van der Waals surface area contributed by atoms with E-state index in [1.807, 2.05) is 6.92 Å². The molecule has 0 amide bonds. The summed E-state index contributed by atoms with van der Waals surface area (Å²) in [5.41, 5.74) is 1.48. The fraction of sp³-hybridized carbons (Fsp3) is 0.154. The van der Waals surface area contributed by atoms with Crippen LogP contribution in [0.15, 0.2) is 36.5 Å². The Bertz CT molecular complexity index is 541. The van der Waals surface area contributed by atoms with Gasteiger partial charge in [-0.05, 0) is 36.2 Å². The van der Waals surface area contributed by atoms with Crippen molar-refractivity contribution in [2.24, 2.45) is 0 Å². The van der Waals surface area contributed by atoms with Gasteiger partial charge in [-0.25, -0.2) is 4.98 Å². The monoisotopic (exact) mass is 271 g/mol. The lowest BCUT2D eigenvalue weighted by Crippen LogP contribution is -2.04. The number of rotatable bonds is 1. The van der Waals surface area contributed by atoms with E-state index < -0.39 is 11.7 Å². The molecule has 0 spiro atoms. The van der Waals surface area contributed by atoms with Crippen molar-refractivity contribution in [3.8, 4) is 11.1 Å². The van der Waals surface area contributed by atoms with E-state index in [1.165, 1.54) is 12.1 Å². The van der Waals surface area contributed by atoms with Gasteiger partial charge in [-0.2, -0.15) is 13.2 Å². The van der Waals surface area contributed by atoms with Gasteiger partial charge in [-0.15, -0.1) is 0 Å². The minimum atomic E-state index is -4.33. The van der Waals surface area contributed by atoms with Gasteiger partial charge in [-0.3, -0.25) is 0 Å². The summed E-state index contributed by atoms with van der Waals surface area (Å²) in [6.45, 7) is 1.83. The molecule has 0 unspecified atom stereocenters. The molecule has 0 bridgehead atoms. The van der Waals surface area contributed by atoms with Crippen LogP contribution in [0.1, 0.15) is 11.1 Å². The Kier molecular flexibility index (Phi) is 3.30. The maximum Gasteiger partial charge on any atom is 0.416 e. The van der Waals surface area contributed by atoms with Gasteiger partial charge < -0.3 is 0 Å². The Morgan fingerprint density at radius 2 is 1.67 bits per heavy atom. The number of nitrogens with zero attached hydrogens (tertiary/aromatic N) is 1. The molecule has 1 aromatic heterocycles. The first-order valence-electron chi connectivity index (χ1n) is 5.18. The summed E-state index contributed by atoms with van der Waals surface area (Å²) in [6.07, 6.45) is -2.77. The number of benzene rings is 1. The molecular weight excluding hydrogens is 263 g/mol. The molecule has 0 aliphatic heterocycles. The summed E-state index contributed by atoms with van der Waals surface area (Å²) < 4.78 is 37.3. The average molecular weight is 272 g/mol. The second-order valence-electron chi connectivity index (χ2n) is 3.87. The van der Waals surface area contributed by atoms with Crippen LogP contribution in [0.5, 0.6) is 0 Å². The van der Waals surface area contributed by atoms with Crippen LogP contribution in [-0.2, 0) is 6.18 Å². The first kappa shape index (κ1) is 12.9. The van der Waals surface area contributed by atoms with Gasteiger partial charge in [-0.1, -0.05) is 23.7 Å². The third-order valence-electron chi connectivity index (χ3n) is 2.61. The van der Waals surface area contributed by atoms with Crippen molar-refractivity contribution < 1.29 is 13.2 Å². The number of halogens is 4. The van der Waals surface area contributed by atoms with Crippen LogP contribution in [0, 0.1) is 6.92 Å². The highest BCUT2D eigenvalue weighted by molar-refractivity contribution is 6.32. The molecule has 2 rings (SSSR count). The lowest BCUT2D eigenvalue weighted by atomic mass is 10.0. The quantitative estimate of drug-likeness (QED) is 0.683. The Morgan fingerprint density at radius 1 is 1.06 bits per heavy atom. The van der Waals surface area contributed by atoms with Crippen molar-refractivity contribution >= 4 is 11.6 Å². The predicted molar refractivity (Wildman–Crippen MR) is 64.4 cm³/mol. The van der Waals surface area contributed by atoms with Gasteiger partial charge in [0.1, 0.15) is 5.15 Å². The molecule has 0 N–H and O–H groups in total. The zero-order valence-corrected chi connectivity index (χ0v) is 10.2. The second-order valence-corrected chi connectivity index (χ2v) is 4.23. The van der Waals surface area contributed by atoms with E-state index in [0.717, 1.165) is 17.7 Å². The highest BCUT2D eigenvalue weighted by Crippen LogP contribution is 2.33. The molecule has 1 heterocycles. The van der Waals surface area contributed by atoms with E-state index >= 15 is 0 Å². The summed E-state index contributed by atoms with van der Waals surface area (Å²) >= 11 is 5.96. The molecule has 0 fully saturated rings. The molecule has 0 atom stereocenters. The number of aromatic nitrogens is 1. The molecule has 0 radical (unpaired) electrons. The van der Waals surface area contributed by atoms with Crippen molar-refractivity contribution in [1.82, 2.24) is 4.98 Å². The Labute approximate surface area is 107 Å². The smallest absolute Gasteiger partial charge is 0.244 e. The number of pyridine rings is 1. The van der Waals surface area contributed by atoms with Crippen molar-refractivity contribution in [3.05, 3.63) is 52.8 Å². The predicted octanol–water partition coefficient (Wildman–Crippen LogP) is 4.73. The molecule has 0 saturated heterocycles. The molecule has 2 aromatic rings. The number of alkyl halides is 3. The van der Waals surface area contributed by atoms with Crippen molar-refractivity contribution in [2.75, 3.05) is 0 Å². The van der Waals surface area contributed by atoms with Crippen LogP contribution in [0.25, 0.3) is 11.1 Å². The second kappa shape index (κ2) is 4.61. The van der Waals surface area contributed by atoms with Crippen LogP contribution in [-0.4, -0.2) is 4.98 Å². The van der Waals surface area contributed by atoms with E-state index in [-0.39, 0.29) is 5.15 Å². The standard InChI is InChI=1S/C13H9ClF3N/c1-8-6-7-18-12(14)11(8)9-2-4-10(5-3-9)13(15,16)17/h2-7H,1H3. The molecule has 1 nitrogen and oxygen atoms in total. The number of hydrogen-bond acceptors (Lipinski definition) is 1. The largest absolute Gasteiger partial charge is 0.416 e. The van der Waals surface area contributed by atoms with Gasteiger partial charge in [0, 0.05) is 11.8 Å². The van der Waals surface area contributed by atoms with Gasteiger partial charge in [0.2, 0.25) is 0 Å². The zero-order valence-electron chi connectivity index (χ0n) is 9.42. The van der Waals surface area contributed by atoms with Gasteiger partial charge >= 0.3 is 6.18 Å². The van der Waals surface area contributed by atoms with E-state index in [0.29, 0.717) is 11.1 Å². The topological polar surface area (TPSA) is 12.9 Å². The van der Waals surface area contributed by atoms with E-state index in [1.54, 1.807) is 12.3 Å². The maximum atomic E-state index is 12.4. The highest BCUT2D eigenvalue weighted by Gasteiger charge is 2.30. The van der Waals surface area contributed by atoms with Crippen molar-refractivity contribution in [1.29, 1.82) is 0 Å². The van der Waals surface area contributed by atoms with Crippen LogP contribution >= 0.6 is 11.6 Å². The first-order valence-corrected chi connectivity index (χ1v) is 5.56. The molecular formula is C13H9ClF3N.